The molecule has 0 unspecified atom stereocenters. The molecule has 2 aromatic carbocycles. The van der Waals surface area contributed by atoms with E-state index in [2.05, 4.69) is 6.07 Å². The van der Waals surface area contributed by atoms with Crippen LogP contribution in [0.5, 0.6) is 5.75 Å². The van der Waals surface area contributed by atoms with E-state index in [-0.39, 0.29) is 5.78 Å². The van der Waals surface area contributed by atoms with E-state index in [0.29, 0.717) is 23.6 Å². The Morgan fingerprint density at radius 2 is 1.81 bits per heavy atom. The largest absolute Gasteiger partial charge is 0.492 e. The molecule has 0 radical (unpaired) electrons. The van der Waals surface area contributed by atoms with Gasteiger partial charge in [-0.1, -0.05) is 12.1 Å². The lowest BCUT2D eigenvalue weighted by atomic mass is 9.99. The van der Waals surface area contributed by atoms with Crippen LogP contribution in [0.3, 0.4) is 0 Å². The summed E-state index contributed by atoms with van der Waals surface area (Å²) in [6.45, 7) is 2.46. The SMILES string of the molecule is CCOc1ccc(C(=O)c2ccc3c(c2)CCC3)cc1N. The fourth-order valence-corrected chi connectivity index (χ4v) is 2.86. The number of carbonyl (C=O) groups excluding carboxylic acids is 1. The minimum atomic E-state index is 0.0134. The molecule has 3 nitrogen and oxygen atoms in total. The predicted molar refractivity (Wildman–Crippen MR) is 83.9 cm³/mol. The lowest BCUT2D eigenvalue weighted by Gasteiger charge is -2.09. The lowest BCUT2D eigenvalue weighted by molar-refractivity contribution is 0.103. The maximum absolute atomic E-state index is 12.6. The van der Waals surface area contributed by atoms with Crippen molar-refractivity contribution < 1.29 is 9.53 Å². The molecule has 0 bridgehead atoms. The van der Waals surface area contributed by atoms with Gasteiger partial charge >= 0.3 is 0 Å². The molecule has 0 spiro atoms. The van der Waals surface area contributed by atoms with Gasteiger partial charge in [0.2, 0.25) is 0 Å². The highest BCUT2D eigenvalue weighted by Crippen LogP contribution is 2.26. The van der Waals surface area contributed by atoms with E-state index in [1.807, 2.05) is 19.1 Å². The molecular formula is C18H19NO2. The molecule has 2 N–H and O–H groups in total. The first kappa shape index (κ1) is 13.7. The molecule has 0 heterocycles. The van der Waals surface area contributed by atoms with E-state index >= 15 is 0 Å². The number of hydrogen-bond acceptors (Lipinski definition) is 3. The van der Waals surface area contributed by atoms with Gasteiger partial charge in [0.1, 0.15) is 5.75 Å². The Morgan fingerprint density at radius 1 is 1.10 bits per heavy atom. The van der Waals surface area contributed by atoms with E-state index in [1.54, 1.807) is 18.2 Å². The molecule has 1 aliphatic rings. The maximum atomic E-state index is 12.6. The average Bonchev–Trinajstić information content (AvgIpc) is 2.96. The number of fused-ring (bicyclic) bond motifs is 1. The number of ether oxygens (including phenoxy) is 1. The molecule has 3 rings (SSSR count). The van der Waals surface area contributed by atoms with Gasteiger partial charge in [0.05, 0.1) is 12.3 Å². The van der Waals surface area contributed by atoms with Crippen LogP contribution < -0.4 is 10.5 Å². The van der Waals surface area contributed by atoms with Crippen LogP contribution >= 0.6 is 0 Å². The van der Waals surface area contributed by atoms with Crippen LogP contribution in [0.1, 0.15) is 40.4 Å². The van der Waals surface area contributed by atoms with E-state index in [1.165, 1.54) is 17.5 Å². The van der Waals surface area contributed by atoms with Crippen LogP contribution in [0, 0.1) is 0 Å². The summed E-state index contributed by atoms with van der Waals surface area (Å²) in [5.41, 5.74) is 10.5. The van der Waals surface area contributed by atoms with Crippen molar-refractivity contribution in [2.24, 2.45) is 0 Å². The van der Waals surface area contributed by atoms with Crippen LogP contribution in [0.2, 0.25) is 0 Å². The van der Waals surface area contributed by atoms with Gasteiger partial charge in [-0.05, 0) is 61.6 Å². The highest BCUT2D eigenvalue weighted by Gasteiger charge is 2.16. The van der Waals surface area contributed by atoms with Crippen molar-refractivity contribution in [3.63, 3.8) is 0 Å². The first-order valence-corrected chi connectivity index (χ1v) is 7.38. The average molecular weight is 281 g/mol. The summed E-state index contributed by atoms with van der Waals surface area (Å²) in [5.74, 6) is 0.641. The Hall–Kier alpha value is -2.29. The van der Waals surface area contributed by atoms with E-state index in [4.69, 9.17) is 10.5 Å². The standard InChI is InChI=1S/C18H19NO2/c1-2-21-17-9-8-15(11-16(17)19)18(20)14-7-6-12-4-3-5-13(12)10-14/h6-11H,2-5,19H2,1H3. The predicted octanol–water partition coefficient (Wildman–Crippen LogP) is 3.39. The number of nitrogens with two attached hydrogens (primary N) is 1. The molecule has 1 aliphatic carbocycles. The quantitative estimate of drug-likeness (QED) is 0.690. The molecule has 2 aromatic rings. The lowest BCUT2D eigenvalue weighted by Crippen LogP contribution is -2.04. The fraction of sp³-hybridized carbons (Fsp3) is 0.278. The Morgan fingerprint density at radius 3 is 2.57 bits per heavy atom. The van der Waals surface area contributed by atoms with Crippen molar-refractivity contribution >= 4 is 11.5 Å². The maximum Gasteiger partial charge on any atom is 0.193 e. The van der Waals surface area contributed by atoms with Gasteiger partial charge in [-0.25, -0.2) is 0 Å². The second kappa shape index (κ2) is 5.60. The second-order valence-electron chi connectivity index (χ2n) is 5.35. The van der Waals surface area contributed by atoms with Crippen molar-refractivity contribution in [2.75, 3.05) is 12.3 Å². The van der Waals surface area contributed by atoms with Crippen molar-refractivity contribution in [1.29, 1.82) is 0 Å². The van der Waals surface area contributed by atoms with Crippen molar-refractivity contribution in [2.45, 2.75) is 26.2 Å². The van der Waals surface area contributed by atoms with Gasteiger partial charge in [0.25, 0.3) is 0 Å². The molecule has 0 saturated carbocycles. The Kier molecular flexibility index (Phi) is 3.65. The summed E-state index contributed by atoms with van der Waals surface area (Å²) in [7, 11) is 0. The number of hydrogen-bond donors (Lipinski definition) is 1. The zero-order chi connectivity index (χ0) is 14.8. The first-order chi connectivity index (χ1) is 10.2. The van der Waals surface area contributed by atoms with Crippen LogP contribution in [-0.2, 0) is 12.8 Å². The normalized spacial score (nSPS) is 13.0. The zero-order valence-corrected chi connectivity index (χ0v) is 12.2. The first-order valence-electron chi connectivity index (χ1n) is 7.38. The molecule has 108 valence electrons. The highest BCUT2D eigenvalue weighted by atomic mass is 16.5. The molecule has 0 amide bonds. The zero-order valence-electron chi connectivity index (χ0n) is 12.2. The number of aryl methyl sites for hydroxylation is 2. The van der Waals surface area contributed by atoms with Crippen molar-refractivity contribution in [3.8, 4) is 5.75 Å². The summed E-state index contributed by atoms with van der Waals surface area (Å²) in [4.78, 5) is 12.6. The third-order valence-corrected chi connectivity index (χ3v) is 3.93. The van der Waals surface area contributed by atoms with E-state index in [9.17, 15) is 4.79 Å². The number of nitrogen functional groups attached to an aromatic ring is 1. The van der Waals surface area contributed by atoms with Crippen molar-refractivity contribution in [3.05, 3.63) is 58.7 Å². The van der Waals surface area contributed by atoms with Crippen LogP contribution in [-0.4, -0.2) is 12.4 Å². The fourth-order valence-electron chi connectivity index (χ4n) is 2.86. The van der Waals surface area contributed by atoms with Gasteiger partial charge in [-0.2, -0.15) is 0 Å². The smallest absolute Gasteiger partial charge is 0.193 e. The number of carbonyl (C=O) groups is 1. The number of benzene rings is 2. The summed E-state index contributed by atoms with van der Waals surface area (Å²) < 4.78 is 5.40. The Labute approximate surface area is 124 Å². The van der Waals surface area contributed by atoms with Crippen molar-refractivity contribution in [1.82, 2.24) is 0 Å². The van der Waals surface area contributed by atoms with Crippen LogP contribution in [0.4, 0.5) is 5.69 Å². The summed E-state index contributed by atoms with van der Waals surface area (Å²) in [5, 5.41) is 0. The van der Waals surface area contributed by atoms with E-state index < -0.39 is 0 Å². The highest BCUT2D eigenvalue weighted by molar-refractivity contribution is 6.09. The Bertz CT molecular complexity index is 692. The third kappa shape index (κ3) is 2.64. The topological polar surface area (TPSA) is 52.3 Å². The second-order valence-corrected chi connectivity index (χ2v) is 5.35. The van der Waals surface area contributed by atoms with Gasteiger partial charge < -0.3 is 10.5 Å². The van der Waals surface area contributed by atoms with Crippen LogP contribution in [0.25, 0.3) is 0 Å². The number of ketones is 1. The van der Waals surface area contributed by atoms with Gasteiger partial charge in [-0.3, -0.25) is 4.79 Å². The number of anilines is 1. The minimum Gasteiger partial charge on any atom is -0.492 e. The molecule has 3 heteroatoms. The van der Waals surface area contributed by atoms with Crippen LogP contribution in [0.15, 0.2) is 36.4 Å². The molecule has 21 heavy (non-hydrogen) atoms. The summed E-state index contributed by atoms with van der Waals surface area (Å²) in [6, 6.07) is 11.3. The molecule has 0 fully saturated rings. The molecular weight excluding hydrogens is 262 g/mol. The summed E-state index contributed by atoms with van der Waals surface area (Å²) >= 11 is 0. The van der Waals surface area contributed by atoms with E-state index in [0.717, 1.165) is 18.4 Å². The molecule has 0 aliphatic heterocycles. The van der Waals surface area contributed by atoms with Gasteiger partial charge in [0.15, 0.2) is 5.78 Å². The third-order valence-electron chi connectivity index (χ3n) is 3.93. The molecule has 0 atom stereocenters. The van der Waals surface area contributed by atoms with Gasteiger partial charge in [-0.15, -0.1) is 0 Å². The number of rotatable bonds is 4. The van der Waals surface area contributed by atoms with Gasteiger partial charge in [0, 0.05) is 11.1 Å². The molecule has 0 saturated heterocycles. The monoisotopic (exact) mass is 281 g/mol. The minimum absolute atomic E-state index is 0.0134. The Balaban J connectivity index is 1.90. The summed E-state index contributed by atoms with van der Waals surface area (Å²) in [6.07, 6.45) is 3.38. The molecule has 0 aromatic heterocycles.